The number of benzene rings is 1. The van der Waals surface area contributed by atoms with Crippen molar-refractivity contribution in [1.82, 2.24) is 24.7 Å². The van der Waals surface area contributed by atoms with Crippen LogP contribution in [-0.4, -0.2) is 35.5 Å². The van der Waals surface area contributed by atoms with Gasteiger partial charge >= 0.3 is 5.69 Å². The molecule has 0 radical (unpaired) electrons. The lowest BCUT2D eigenvalue weighted by atomic mass is 10.2. The summed E-state index contributed by atoms with van der Waals surface area (Å²) in [6, 6.07) is 5.93. The number of aromatic nitrogens is 5. The summed E-state index contributed by atoms with van der Waals surface area (Å²) in [6.45, 7) is 1.74. The molecule has 0 saturated carbocycles. The van der Waals surface area contributed by atoms with Crippen molar-refractivity contribution in [2.75, 3.05) is 5.32 Å². The molecule has 1 aromatic carbocycles. The standard InChI is InChI=1S/C19H15ClFN7O4/c1-11-13(9-27-8-12(7-22-27)28(30)31)18(25-32-11)19(29)23-17-5-6-26(24-17)10-14-15(20)3-2-4-16(14)21/h2-8H,9-10H2,1H3,(H,23,24,29). The van der Waals surface area contributed by atoms with Gasteiger partial charge in [-0.2, -0.15) is 10.2 Å². The van der Waals surface area contributed by atoms with Crippen molar-refractivity contribution in [3.8, 4) is 0 Å². The van der Waals surface area contributed by atoms with E-state index in [9.17, 15) is 19.3 Å². The van der Waals surface area contributed by atoms with E-state index in [1.807, 2.05) is 0 Å². The van der Waals surface area contributed by atoms with E-state index in [1.54, 1.807) is 19.2 Å². The first-order chi connectivity index (χ1) is 15.3. The predicted octanol–water partition coefficient (Wildman–Crippen LogP) is 3.43. The molecule has 0 aliphatic heterocycles. The summed E-state index contributed by atoms with van der Waals surface area (Å²) in [5.74, 6) is -0.468. The fraction of sp³-hybridized carbons (Fsp3) is 0.158. The second-order valence-corrected chi connectivity index (χ2v) is 7.18. The first-order valence-electron chi connectivity index (χ1n) is 9.21. The van der Waals surface area contributed by atoms with E-state index in [0.29, 0.717) is 11.3 Å². The lowest BCUT2D eigenvalue weighted by Crippen LogP contribution is -2.16. The second kappa shape index (κ2) is 8.59. The fourth-order valence-corrected chi connectivity index (χ4v) is 3.21. The van der Waals surface area contributed by atoms with Gasteiger partial charge in [0.1, 0.15) is 24.0 Å². The first-order valence-corrected chi connectivity index (χ1v) is 9.59. The van der Waals surface area contributed by atoms with Gasteiger partial charge in [-0.05, 0) is 19.1 Å². The molecular weight excluding hydrogens is 445 g/mol. The zero-order valence-electron chi connectivity index (χ0n) is 16.5. The number of rotatable bonds is 7. The summed E-state index contributed by atoms with van der Waals surface area (Å²) in [6.07, 6.45) is 3.91. The molecule has 0 bridgehead atoms. The van der Waals surface area contributed by atoms with Gasteiger partial charge in [0.15, 0.2) is 11.5 Å². The Kier molecular flexibility index (Phi) is 5.69. The van der Waals surface area contributed by atoms with E-state index in [2.05, 4.69) is 20.7 Å². The molecule has 1 amide bonds. The van der Waals surface area contributed by atoms with Crippen molar-refractivity contribution in [3.05, 3.63) is 86.4 Å². The van der Waals surface area contributed by atoms with Gasteiger partial charge in [-0.3, -0.25) is 24.3 Å². The predicted molar refractivity (Wildman–Crippen MR) is 110 cm³/mol. The summed E-state index contributed by atoms with van der Waals surface area (Å²) in [4.78, 5) is 23.0. The topological polar surface area (TPSA) is 134 Å². The first kappa shape index (κ1) is 21.2. The molecule has 1 N–H and O–H groups in total. The summed E-state index contributed by atoms with van der Waals surface area (Å²) in [7, 11) is 0. The molecule has 4 rings (SSSR count). The van der Waals surface area contributed by atoms with Crippen molar-refractivity contribution >= 4 is 29.0 Å². The third-order valence-corrected chi connectivity index (χ3v) is 4.97. The maximum Gasteiger partial charge on any atom is 0.307 e. The van der Waals surface area contributed by atoms with E-state index in [1.165, 1.54) is 33.8 Å². The molecule has 3 aromatic heterocycles. The third kappa shape index (κ3) is 4.34. The number of carbonyl (C=O) groups excluding carboxylic acids is 1. The highest BCUT2D eigenvalue weighted by Gasteiger charge is 2.22. The number of aryl methyl sites for hydroxylation is 1. The average molecular weight is 460 g/mol. The number of hydrogen-bond acceptors (Lipinski definition) is 7. The summed E-state index contributed by atoms with van der Waals surface area (Å²) >= 11 is 6.04. The Morgan fingerprint density at radius 3 is 2.78 bits per heavy atom. The van der Waals surface area contributed by atoms with Gasteiger partial charge < -0.3 is 9.84 Å². The molecular formula is C19H15ClFN7O4. The zero-order chi connectivity index (χ0) is 22.8. The lowest BCUT2D eigenvalue weighted by molar-refractivity contribution is -0.385. The van der Waals surface area contributed by atoms with Gasteiger partial charge in [-0.25, -0.2) is 4.39 Å². The largest absolute Gasteiger partial charge is 0.361 e. The number of amides is 1. The van der Waals surface area contributed by atoms with Gasteiger partial charge in [0.2, 0.25) is 0 Å². The Labute approximate surface area is 184 Å². The Morgan fingerprint density at radius 1 is 1.28 bits per heavy atom. The minimum absolute atomic E-state index is 0.00708. The second-order valence-electron chi connectivity index (χ2n) is 6.77. The van der Waals surface area contributed by atoms with Crippen molar-refractivity contribution in [3.63, 3.8) is 0 Å². The minimum Gasteiger partial charge on any atom is -0.361 e. The molecule has 0 unspecified atom stereocenters. The van der Waals surface area contributed by atoms with Crippen LogP contribution in [0.5, 0.6) is 0 Å². The van der Waals surface area contributed by atoms with Crippen LogP contribution in [0.2, 0.25) is 5.02 Å². The Morgan fingerprint density at radius 2 is 2.06 bits per heavy atom. The van der Waals surface area contributed by atoms with Crippen molar-refractivity contribution in [2.45, 2.75) is 20.0 Å². The van der Waals surface area contributed by atoms with E-state index >= 15 is 0 Å². The number of nitrogens with one attached hydrogen (secondary N) is 1. The van der Waals surface area contributed by atoms with Gasteiger partial charge in [0.25, 0.3) is 5.91 Å². The average Bonchev–Trinajstić information content (AvgIpc) is 3.47. The van der Waals surface area contributed by atoms with Crippen LogP contribution in [0.1, 0.15) is 27.4 Å². The number of nitrogens with zero attached hydrogens (tertiary/aromatic N) is 6. The van der Waals surface area contributed by atoms with Crippen LogP contribution in [0.15, 0.2) is 47.4 Å². The van der Waals surface area contributed by atoms with Crippen LogP contribution in [0.3, 0.4) is 0 Å². The van der Waals surface area contributed by atoms with Crippen LogP contribution < -0.4 is 5.32 Å². The smallest absolute Gasteiger partial charge is 0.307 e. The molecule has 3 heterocycles. The molecule has 13 heteroatoms. The number of halogens is 2. The molecule has 4 aromatic rings. The van der Waals surface area contributed by atoms with E-state index in [-0.39, 0.29) is 40.9 Å². The van der Waals surface area contributed by atoms with E-state index in [0.717, 1.165) is 6.20 Å². The normalized spacial score (nSPS) is 11.0. The fourth-order valence-electron chi connectivity index (χ4n) is 2.99. The summed E-state index contributed by atoms with van der Waals surface area (Å²) < 4.78 is 21.8. The van der Waals surface area contributed by atoms with Gasteiger partial charge in [0, 0.05) is 28.4 Å². The van der Waals surface area contributed by atoms with Crippen molar-refractivity contribution < 1.29 is 18.6 Å². The molecule has 0 aliphatic carbocycles. The quantitative estimate of drug-likeness (QED) is 0.330. The Bertz CT molecular complexity index is 1290. The molecule has 32 heavy (non-hydrogen) atoms. The molecule has 0 spiro atoms. The SMILES string of the molecule is Cc1onc(C(=O)Nc2ccn(Cc3c(F)cccc3Cl)n2)c1Cn1cc([N+](=O)[O-])cn1. The monoisotopic (exact) mass is 459 g/mol. The zero-order valence-corrected chi connectivity index (χ0v) is 17.3. The van der Waals surface area contributed by atoms with Crippen LogP contribution in [0.4, 0.5) is 15.9 Å². The van der Waals surface area contributed by atoms with Crippen LogP contribution in [-0.2, 0) is 13.1 Å². The Hall–Kier alpha value is -4.06. The molecule has 0 fully saturated rings. The lowest BCUT2D eigenvalue weighted by Gasteiger charge is -2.06. The van der Waals surface area contributed by atoms with Gasteiger partial charge in [0.05, 0.1) is 18.0 Å². The van der Waals surface area contributed by atoms with Crippen LogP contribution >= 0.6 is 11.6 Å². The molecule has 0 aliphatic rings. The maximum atomic E-state index is 14.0. The highest BCUT2D eigenvalue weighted by Crippen LogP contribution is 2.21. The Balaban J connectivity index is 1.48. The van der Waals surface area contributed by atoms with Crippen molar-refractivity contribution in [2.24, 2.45) is 0 Å². The number of carbonyl (C=O) groups is 1. The highest BCUT2D eigenvalue weighted by molar-refractivity contribution is 6.31. The molecule has 0 atom stereocenters. The molecule has 0 saturated heterocycles. The number of nitro groups is 1. The minimum atomic E-state index is -0.590. The third-order valence-electron chi connectivity index (χ3n) is 4.61. The molecule has 11 nitrogen and oxygen atoms in total. The summed E-state index contributed by atoms with van der Waals surface area (Å²) in [5, 5.41) is 25.6. The maximum absolute atomic E-state index is 14.0. The van der Waals surface area contributed by atoms with Crippen LogP contribution in [0, 0.1) is 22.9 Å². The summed E-state index contributed by atoms with van der Waals surface area (Å²) in [5.41, 5.74) is 0.508. The van der Waals surface area contributed by atoms with Crippen molar-refractivity contribution in [1.29, 1.82) is 0 Å². The van der Waals surface area contributed by atoms with Crippen LogP contribution in [0.25, 0.3) is 0 Å². The van der Waals surface area contributed by atoms with Gasteiger partial charge in [-0.15, -0.1) is 0 Å². The highest BCUT2D eigenvalue weighted by atomic mass is 35.5. The molecule has 164 valence electrons. The van der Waals surface area contributed by atoms with Gasteiger partial charge in [-0.1, -0.05) is 22.8 Å². The number of hydrogen-bond donors (Lipinski definition) is 1. The number of anilines is 1. The van der Waals surface area contributed by atoms with E-state index < -0.39 is 16.6 Å². The van der Waals surface area contributed by atoms with E-state index in [4.69, 9.17) is 16.1 Å².